The highest BCUT2D eigenvalue weighted by molar-refractivity contribution is 7.89. The number of sulfonamides is 1. The summed E-state index contributed by atoms with van der Waals surface area (Å²) in [7, 11) is -4.23. The van der Waals surface area contributed by atoms with Crippen LogP contribution in [0.15, 0.2) is 29.2 Å². The van der Waals surface area contributed by atoms with E-state index in [4.69, 9.17) is 12.0 Å². The molecule has 0 fully saturated rings. The van der Waals surface area contributed by atoms with Crippen LogP contribution >= 0.6 is 0 Å². The van der Waals surface area contributed by atoms with E-state index in [0.717, 1.165) is 12.1 Å². The van der Waals surface area contributed by atoms with Crippen LogP contribution in [0, 0.1) is 0 Å². The van der Waals surface area contributed by atoms with Crippen molar-refractivity contribution in [3.63, 3.8) is 0 Å². The summed E-state index contributed by atoms with van der Waals surface area (Å²) in [6.07, 6.45) is 0. The molecule has 0 aliphatic carbocycles. The summed E-state index contributed by atoms with van der Waals surface area (Å²) in [6.45, 7) is -6.46. The molecule has 5 nitrogen and oxygen atoms in total. The molecule has 0 aliphatic heterocycles. The average Bonchev–Trinajstić information content (AvgIpc) is 2.25. The predicted octanol–water partition coefficient (Wildman–Crippen LogP) is 0.511. The summed E-state index contributed by atoms with van der Waals surface area (Å²) in [5, 5.41) is 4.90. The van der Waals surface area contributed by atoms with Crippen LogP contribution in [0.25, 0.3) is 0 Å². The van der Waals surface area contributed by atoms with Gasteiger partial charge in [0.2, 0.25) is 10.0 Å². The minimum atomic E-state index is -4.23. The van der Waals surface area contributed by atoms with Gasteiger partial charge in [0, 0.05) is 4.11 Å². The number of nitrogens with two attached hydrogens (primary N) is 1. The van der Waals surface area contributed by atoms with Crippen LogP contribution < -0.4 is 5.14 Å². The lowest BCUT2D eigenvalue weighted by molar-refractivity contribution is 0.0522. The fourth-order valence-corrected chi connectivity index (χ4v) is 1.71. The van der Waals surface area contributed by atoms with Gasteiger partial charge in [-0.15, -0.1) is 0 Å². The first-order valence-corrected chi connectivity index (χ1v) is 5.26. The molecule has 0 saturated carbocycles. The maximum Gasteiger partial charge on any atom is 0.339 e. The Morgan fingerprint density at radius 1 is 1.60 bits per heavy atom. The van der Waals surface area contributed by atoms with Crippen molar-refractivity contribution < 1.29 is 24.8 Å². The van der Waals surface area contributed by atoms with Crippen molar-refractivity contribution in [3.05, 3.63) is 29.8 Å². The third-order valence-corrected chi connectivity index (χ3v) is 2.53. The zero-order valence-electron chi connectivity index (χ0n) is 12.4. The van der Waals surface area contributed by atoms with Gasteiger partial charge < -0.3 is 4.74 Å². The number of carbonyl (C=O) groups excluding carboxylic acids is 1. The van der Waals surface area contributed by atoms with E-state index in [1.807, 2.05) is 0 Å². The topological polar surface area (TPSA) is 86.5 Å². The van der Waals surface area contributed by atoms with E-state index in [9.17, 15) is 13.2 Å². The van der Waals surface area contributed by atoms with Gasteiger partial charge >= 0.3 is 5.97 Å². The fraction of sp³-hybridized carbons (Fsp3) is 0.222. The van der Waals surface area contributed by atoms with E-state index in [1.165, 1.54) is 12.1 Å². The van der Waals surface area contributed by atoms with Crippen molar-refractivity contribution in [2.75, 3.05) is 6.56 Å². The van der Waals surface area contributed by atoms with Crippen LogP contribution in [-0.2, 0) is 14.8 Å². The number of benzene rings is 1. The van der Waals surface area contributed by atoms with Gasteiger partial charge in [-0.05, 0) is 19.0 Å². The molecule has 1 rings (SSSR count). The second-order valence-electron chi connectivity index (χ2n) is 2.53. The molecule has 82 valence electrons. The average molecular weight is 234 g/mol. The molecule has 0 heterocycles. The van der Waals surface area contributed by atoms with E-state index in [0.29, 0.717) is 0 Å². The van der Waals surface area contributed by atoms with Gasteiger partial charge in [-0.25, -0.2) is 18.4 Å². The molecule has 6 heteroatoms. The normalized spacial score (nSPS) is 17.8. The van der Waals surface area contributed by atoms with Crippen LogP contribution in [-0.4, -0.2) is 20.9 Å². The van der Waals surface area contributed by atoms with Crippen molar-refractivity contribution >= 4 is 16.0 Å². The third kappa shape index (κ3) is 2.77. The summed E-state index contributed by atoms with van der Waals surface area (Å²) < 4.78 is 61.9. The molecule has 0 bridgehead atoms. The molecule has 0 spiro atoms. The lowest BCUT2D eigenvalue weighted by Crippen LogP contribution is -2.17. The van der Waals surface area contributed by atoms with Gasteiger partial charge in [-0.3, -0.25) is 0 Å². The molecule has 0 amide bonds. The van der Waals surface area contributed by atoms with Gasteiger partial charge in [-0.1, -0.05) is 12.1 Å². The van der Waals surface area contributed by atoms with E-state index in [-0.39, 0.29) is 0 Å². The molecule has 1 aromatic rings. The van der Waals surface area contributed by atoms with Crippen molar-refractivity contribution in [2.24, 2.45) is 5.14 Å². The monoisotopic (exact) mass is 234 g/mol. The summed E-state index contributed by atoms with van der Waals surface area (Å²) >= 11 is 0. The molecule has 2 N–H and O–H groups in total. The minimum Gasteiger partial charge on any atom is -0.462 e. The smallest absolute Gasteiger partial charge is 0.339 e. The first kappa shape index (κ1) is 6.24. The first-order chi connectivity index (χ1) is 8.86. The van der Waals surface area contributed by atoms with Gasteiger partial charge in [0.05, 0.1) is 19.8 Å². The number of primary sulfonamides is 1. The molecular weight excluding hydrogens is 218 g/mol. The van der Waals surface area contributed by atoms with Crippen LogP contribution in [0.3, 0.4) is 0 Å². The quantitative estimate of drug-likeness (QED) is 0.772. The maximum atomic E-state index is 11.7. The highest BCUT2D eigenvalue weighted by atomic mass is 32.2. The molecule has 1 aromatic carbocycles. The van der Waals surface area contributed by atoms with Crippen LogP contribution in [0.5, 0.6) is 0 Å². The molecule has 0 radical (unpaired) electrons. The molecule has 0 aliphatic rings. The maximum absolute atomic E-state index is 11.7. The summed E-state index contributed by atoms with van der Waals surface area (Å²) in [5.74, 6) is -1.43. The van der Waals surface area contributed by atoms with Gasteiger partial charge in [0.1, 0.15) is 0 Å². The molecule has 0 atom stereocenters. The number of hydrogen-bond acceptors (Lipinski definition) is 4. The fourth-order valence-electron chi connectivity index (χ4n) is 0.985. The van der Waals surface area contributed by atoms with E-state index >= 15 is 0 Å². The highest BCUT2D eigenvalue weighted by Crippen LogP contribution is 2.14. The largest absolute Gasteiger partial charge is 0.462 e. The Labute approximate surface area is 94.9 Å². The standard InChI is InChI=1S/C9H11NO4S/c1-2-14-9(11)7-5-3-4-6-8(7)15(10,12)13/h3-6H,2H2,1H3,(H2,10,12,13)/i1D3,2D2. The van der Waals surface area contributed by atoms with Gasteiger partial charge in [0.15, 0.2) is 0 Å². The van der Waals surface area contributed by atoms with Crippen LogP contribution in [0.4, 0.5) is 0 Å². The second-order valence-corrected chi connectivity index (χ2v) is 4.06. The predicted molar refractivity (Wildman–Crippen MR) is 53.8 cm³/mol. The van der Waals surface area contributed by atoms with Gasteiger partial charge in [-0.2, -0.15) is 0 Å². The van der Waals surface area contributed by atoms with Crippen molar-refractivity contribution in [3.8, 4) is 0 Å². The van der Waals surface area contributed by atoms with E-state index in [2.05, 4.69) is 4.74 Å². The highest BCUT2D eigenvalue weighted by Gasteiger charge is 2.18. The number of rotatable bonds is 3. The lowest BCUT2D eigenvalue weighted by atomic mass is 10.2. The number of esters is 1. The summed E-state index contributed by atoms with van der Waals surface area (Å²) in [5.41, 5.74) is -0.539. The molecular formula is C9H11NO4S. The zero-order valence-corrected chi connectivity index (χ0v) is 8.24. The SMILES string of the molecule is [2H]C([2H])([2H])C([2H])([2H])OC(=O)c1ccccc1S(N)(=O)=O. The third-order valence-electron chi connectivity index (χ3n) is 1.56. The van der Waals surface area contributed by atoms with Crippen molar-refractivity contribution in [1.82, 2.24) is 0 Å². The summed E-state index contributed by atoms with van der Waals surface area (Å²) in [4.78, 5) is 11.2. The second kappa shape index (κ2) is 4.41. The zero-order chi connectivity index (χ0) is 15.8. The Morgan fingerprint density at radius 3 is 2.87 bits per heavy atom. The molecule has 0 unspecified atom stereocenters. The molecule has 0 aromatic heterocycles. The number of carbonyl (C=O) groups is 1. The van der Waals surface area contributed by atoms with E-state index in [1.54, 1.807) is 0 Å². The van der Waals surface area contributed by atoms with Gasteiger partial charge in [0.25, 0.3) is 0 Å². The van der Waals surface area contributed by atoms with E-state index < -0.39 is 39.9 Å². The Morgan fingerprint density at radius 2 is 2.27 bits per heavy atom. The first-order valence-electron chi connectivity index (χ1n) is 6.21. The number of ether oxygens (including phenoxy) is 1. The Hall–Kier alpha value is -1.40. The van der Waals surface area contributed by atoms with Crippen LogP contribution in [0.1, 0.15) is 24.1 Å². The molecule has 0 saturated heterocycles. The Balaban J connectivity index is 3.19. The molecule has 15 heavy (non-hydrogen) atoms. The number of hydrogen-bond donors (Lipinski definition) is 1. The summed E-state index contributed by atoms with van der Waals surface area (Å²) in [6, 6.07) is 4.67. The van der Waals surface area contributed by atoms with Crippen molar-refractivity contribution in [2.45, 2.75) is 11.7 Å². The lowest BCUT2D eigenvalue weighted by Gasteiger charge is -2.05. The minimum absolute atomic E-state index is 0.539. The Kier molecular flexibility index (Phi) is 1.84. The Bertz CT molecular complexity index is 625. The van der Waals surface area contributed by atoms with Crippen molar-refractivity contribution in [1.29, 1.82) is 0 Å². The van der Waals surface area contributed by atoms with Crippen LogP contribution in [0.2, 0.25) is 0 Å².